The van der Waals surface area contributed by atoms with Crippen LogP contribution in [0.1, 0.15) is 29.3 Å². The second kappa shape index (κ2) is 4.84. The van der Waals surface area contributed by atoms with E-state index in [0.29, 0.717) is 6.42 Å². The number of alkyl halides is 1. The van der Waals surface area contributed by atoms with Crippen molar-refractivity contribution in [3.05, 3.63) is 34.9 Å². The lowest BCUT2D eigenvalue weighted by atomic mass is 10.0. The SMILES string of the molecule is CCC(Br)C(=O)c1cc(F)c(C)cc1F. The average molecular weight is 277 g/mol. The van der Waals surface area contributed by atoms with E-state index in [1.165, 1.54) is 6.92 Å². The van der Waals surface area contributed by atoms with Gasteiger partial charge in [-0.3, -0.25) is 4.79 Å². The standard InChI is InChI=1S/C11H11BrF2O/c1-3-8(12)11(15)7-5-9(13)6(2)4-10(7)14/h4-5,8H,3H2,1-2H3. The Morgan fingerprint density at radius 3 is 2.53 bits per heavy atom. The number of hydrogen-bond acceptors (Lipinski definition) is 1. The van der Waals surface area contributed by atoms with Gasteiger partial charge in [0.2, 0.25) is 0 Å². The summed E-state index contributed by atoms with van der Waals surface area (Å²) in [6, 6.07) is 1.99. The Bertz CT molecular complexity index is 390. The number of ketones is 1. The largest absolute Gasteiger partial charge is 0.293 e. The molecule has 0 saturated carbocycles. The molecule has 1 aromatic carbocycles. The summed E-state index contributed by atoms with van der Waals surface area (Å²) in [7, 11) is 0. The van der Waals surface area contributed by atoms with Gasteiger partial charge in [0.25, 0.3) is 0 Å². The predicted octanol–water partition coefficient (Wildman–Crippen LogP) is 3.63. The van der Waals surface area contributed by atoms with E-state index in [1.54, 1.807) is 6.92 Å². The quantitative estimate of drug-likeness (QED) is 0.609. The Labute approximate surface area is 95.6 Å². The summed E-state index contributed by atoms with van der Waals surface area (Å²) in [6.45, 7) is 3.25. The highest BCUT2D eigenvalue weighted by atomic mass is 79.9. The summed E-state index contributed by atoms with van der Waals surface area (Å²) < 4.78 is 26.5. The number of benzene rings is 1. The highest BCUT2D eigenvalue weighted by Crippen LogP contribution is 2.19. The molecule has 82 valence electrons. The number of hydrogen-bond donors (Lipinski definition) is 0. The molecule has 1 aromatic rings. The Morgan fingerprint density at radius 2 is 2.00 bits per heavy atom. The third kappa shape index (κ3) is 2.62. The van der Waals surface area contributed by atoms with Gasteiger partial charge < -0.3 is 0 Å². The molecule has 0 heterocycles. The maximum absolute atomic E-state index is 13.4. The summed E-state index contributed by atoms with van der Waals surface area (Å²) in [5.74, 6) is -1.65. The molecule has 4 heteroatoms. The first-order valence-electron chi connectivity index (χ1n) is 4.61. The van der Waals surface area contributed by atoms with Gasteiger partial charge in [0, 0.05) is 0 Å². The second-order valence-electron chi connectivity index (χ2n) is 3.32. The maximum Gasteiger partial charge on any atom is 0.179 e. The van der Waals surface area contributed by atoms with E-state index in [1.807, 2.05) is 0 Å². The lowest BCUT2D eigenvalue weighted by molar-refractivity contribution is 0.0986. The molecule has 0 fully saturated rings. The van der Waals surface area contributed by atoms with Crippen molar-refractivity contribution in [2.75, 3.05) is 0 Å². The van der Waals surface area contributed by atoms with Crippen molar-refractivity contribution in [1.29, 1.82) is 0 Å². The molecule has 0 saturated heterocycles. The van der Waals surface area contributed by atoms with Crippen molar-refractivity contribution in [2.24, 2.45) is 0 Å². The summed E-state index contributed by atoms with van der Waals surface area (Å²) in [6.07, 6.45) is 0.535. The van der Waals surface area contributed by atoms with E-state index in [-0.39, 0.29) is 11.1 Å². The third-order valence-corrected chi connectivity index (χ3v) is 3.22. The van der Waals surface area contributed by atoms with Gasteiger partial charge in [-0.25, -0.2) is 8.78 Å². The zero-order valence-corrected chi connectivity index (χ0v) is 10.1. The zero-order valence-electron chi connectivity index (χ0n) is 8.48. The van der Waals surface area contributed by atoms with Crippen LogP contribution in [0.2, 0.25) is 0 Å². The van der Waals surface area contributed by atoms with Gasteiger partial charge in [0.1, 0.15) is 11.6 Å². The van der Waals surface area contributed by atoms with Crippen LogP contribution in [-0.2, 0) is 0 Å². The molecule has 0 N–H and O–H groups in total. The van der Waals surface area contributed by atoms with Crippen molar-refractivity contribution in [1.82, 2.24) is 0 Å². The van der Waals surface area contributed by atoms with Crippen LogP contribution in [-0.4, -0.2) is 10.6 Å². The monoisotopic (exact) mass is 276 g/mol. The molecule has 1 nitrogen and oxygen atoms in total. The molecule has 0 aliphatic carbocycles. The van der Waals surface area contributed by atoms with E-state index in [9.17, 15) is 13.6 Å². The third-order valence-electron chi connectivity index (χ3n) is 2.16. The molecule has 0 aliphatic heterocycles. The molecular weight excluding hydrogens is 266 g/mol. The molecule has 15 heavy (non-hydrogen) atoms. The van der Waals surface area contributed by atoms with Crippen molar-refractivity contribution in [2.45, 2.75) is 25.1 Å². The van der Waals surface area contributed by atoms with E-state index >= 15 is 0 Å². The van der Waals surface area contributed by atoms with Crippen LogP contribution >= 0.6 is 15.9 Å². The molecule has 1 unspecified atom stereocenters. The highest BCUT2D eigenvalue weighted by Gasteiger charge is 2.20. The normalized spacial score (nSPS) is 12.6. The predicted molar refractivity (Wildman–Crippen MR) is 58.4 cm³/mol. The average Bonchev–Trinajstić information content (AvgIpc) is 2.21. The molecule has 0 aliphatic rings. The molecule has 0 bridgehead atoms. The lowest BCUT2D eigenvalue weighted by Crippen LogP contribution is -2.15. The number of rotatable bonds is 3. The minimum atomic E-state index is -0.670. The Balaban J connectivity index is 3.15. The first-order chi connectivity index (χ1) is 6.97. The van der Waals surface area contributed by atoms with Crippen LogP contribution in [0, 0.1) is 18.6 Å². The Hall–Kier alpha value is -0.770. The topological polar surface area (TPSA) is 17.1 Å². The Morgan fingerprint density at radius 1 is 1.40 bits per heavy atom. The minimum Gasteiger partial charge on any atom is -0.293 e. The van der Waals surface area contributed by atoms with Gasteiger partial charge in [0.15, 0.2) is 5.78 Å². The van der Waals surface area contributed by atoms with Gasteiger partial charge in [-0.05, 0) is 31.0 Å². The molecule has 0 amide bonds. The van der Waals surface area contributed by atoms with Gasteiger partial charge in [-0.1, -0.05) is 22.9 Å². The minimum absolute atomic E-state index is 0.193. The maximum atomic E-state index is 13.4. The van der Waals surface area contributed by atoms with Crippen molar-refractivity contribution < 1.29 is 13.6 Å². The summed E-state index contributed by atoms with van der Waals surface area (Å²) in [5.41, 5.74) is 0.00787. The number of Topliss-reactive ketones (excluding diaryl/α,β-unsaturated/α-hetero) is 1. The Kier molecular flexibility index (Phi) is 3.97. The van der Waals surface area contributed by atoms with Crippen LogP contribution in [0.15, 0.2) is 12.1 Å². The van der Waals surface area contributed by atoms with E-state index in [0.717, 1.165) is 12.1 Å². The summed E-state index contributed by atoms with van der Waals surface area (Å²) in [5, 5.41) is 0. The van der Waals surface area contributed by atoms with Crippen LogP contribution < -0.4 is 0 Å². The number of aryl methyl sites for hydroxylation is 1. The second-order valence-corrected chi connectivity index (χ2v) is 4.43. The van der Waals surface area contributed by atoms with E-state index < -0.39 is 22.2 Å². The molecule has 0 spiro atoms. The fourth-order valence-electron chi connectivity index (χ4n) is 1.19. The van der Waals surface area contributed by atoms with Crippen LogP contribution in [0.5, 0.6) is 0 Å². The van der Waals surface area contributed by atoms with Crippen LogP contribution in [0.4, 0.5) is 8.78 Å². The fraction of sp³-hybridized carbons (Fsp3) is 0.364. The summed E-state index contributed by atoms with van der Waals surface area (Å²) >= 11 is 3.12. The lowest BCUT2D eigenvalue weighted by Gasteiger charge is -2.08. The fourth-order valence-corrected chi connectivity index (χ4v) is 1.44. The van der Waals surface area contributed by atoms with Crippen LogP contribution in [0.25, 0.3) is 0 Å². The van der Waals surface area contributed by atoms with E-state index in [4.69, 9.17) is 0 Å². The first-order valence-corrected chi connectivity index (χ1v) is 5.52. The smallest absolute Gasteiger partial charge is 0.179 e. The molecule has 1 atom stereocenters. The van der Waals surface area contributed by atoms with Gasteiger partial charge in [-0.2, -0.15) is 0 Å². The van der Waals surface area contributed by atoms with Gasteiger partial charge >= 0.3 is 0 Å². The highest BCUT2D eigenvalue weighted by molar-refractivity contribution is 9.10. The van der Waals surface area contributed by atoms with Crippen molar-refractivity contribution >= 4 is 21.7 Å². The zero-order chi connectivity index (χ0) is 11.6. The molecule has 0 aromatic heterocycles. The van der Waals surface area contributed by atoms with E-state index in [2.05, 4.69) is 15.9 Å². The number of carbonyl (C=O) groups is 1. The van der Waals surface area contributed by atoms with Gasteiger partial charge in [0.05, 0.1) is 10.4 Å². The number of carbonyl (C=O) groups excluding carboxylic acids is 1. The molecular formula is C11H11BrF2O. The van der Waals surface area contributed by atoms with Crippen LogP contribution in [0.3, 0.4) is 0 Å². The van der Waals surface area contributed by atoms with Gasteiger partial charge in [-0.15, -0.1) is 0 Å². The molecule has 0 radical (unpaired) electrons. The molecule has 1 rings (SSSR count). The van der Waals surface area contributed by atoms with Crippen molar-refractivity contribution in [3.8, 4) is 0 Å². The summed E-state index contributed by atoms with van der Waals surface area (Å²) in [4.78, 5) is 11.1. The number of halogens is 3. The van der Waals surface area contributed by atoms with Crippen molar-refractivity contribution in [3.63, 3.8) is 0 Å². The first kappa shape index (κ1) is 12.3.